The van der Waals surface area contributed by atoms with E-state index in [1.807, 2.05) is 36.4 Å². The fourth-order valence-corrected chi connectivity index (χ4v) is 3.90. The van der Waals surface area contributed by atoms with Crippen LogP contribution in [0.15, 0.2) is 108 Å². The Morgan fingerprint density at radius 2 is 1.19 bits per heavy atom. The molecular formula is C25H18O4S2. The van der Waals surface area contributed by atoms with E-state index >= 15 is 0 Å². The van der Waals surface area contributed by atoms with Gasteiger partial charge in [0.05, 0.1) is 0 Å². The molecule has 0 aliphatic heterocycles. The van der Waals surface area contributed by atoms with Crippen molar-refractivity contribution in [2.45, 2.75) is 9.79 Å². The molecule has 154 valence electrons. The van der Waals surface area contributed by atoms with Crippen molar-refractivity contribution < 1.29 is 19.1 Å². The van der Waals surface area contributed by atoms with Gasteiger partial charge < -0.3 is 4.74 Å². The summed E-state index contributed by atoms with van der Waals surface area (Å²) < 4.78 is 5.07. The number of carbonyl (C=O) groups is 3. The van der Waals surface area contributed by atoms with Crippen molar-refractivity contribution >= 4 is 39.7 Å². The van der Waals surface area contributed by atoms with Crippen LogP contribution in [0, 0.1) is 0 Å². The molecule has 3 rings (SSSR count). The minimum absolute atomic E-state index is 0.0687. The van der Waals surface area contributed by atoms with E-state index in [4.69, 9.17) is 4.74 Å². The average molecular weight is 447 g/mol. The first-order chi connectivity index (χ1) is 15.0. The molecule has 0 spiro atoms. The van der Waals surface area contributed by atoms with Gasteiger partial charge in [0.2, 0.25) is 10.2 Å². The molecule has 0 amide bonds. The monoisotopic (exact) mass is 446 g/mol. The van der Waals surface area contributed by atoms with E-state index in [2.05, 4.69) is 13.2 Å². The van der Waals surface area contributed by atoms with Gasteiger partial charge in [0.1, 0.15) is 5.75 Å². The van der Waals surface area contributed by atoms with Crippen LogP contribution in [0.5, 0.6) is 5.75 Å². The molecule has 0 heterocycles. The lowest BCUT2D eigenvalue weighted by Crippen LogP contribution is -2.02. The predicted octanol–water partition coefficient (Wildman–Crippen LogP) is 6.18. The maximum atomic E-state index is 12.6. The van der Waals surface area contributed by atoms with E-state index in [1.165, 1.54) is 6.08 Å². The van der Waals surface area contributed by atoms with E-state index in [0.29, 0.717) is 11.3 Å². The lowest BCUT2D eigenvalue weighted by atomic mass is 10.0. The molecule has 6 heteroatoms. The molecular weight excluding hydrogens is 428 g/mol. The molecule has 0 fully saturated rings. The maximum Gasteiger partial charge on any atom is 0.335 e. The molecule has 0 saturated carbocycles. The van der Waals surface area contributed by atoms with Crippen molar-refractivity contribution in [3.05, 3.63) is 104 Å². The summed E-state index contributed by atoms with van der Waals surface area (Å²) in [6.45, 7) is 6.82. The summed E-state index contributed by atoms with van der Waals surface area (Å²) in [5.74, 6) is -0.0677. The molecule has 0 aliphatic rings. The van der Waals surface area contributed by atoms with Crippen LogP contribution in [-0.2, 0) is 9.59 Å². The first kappa shape index (κ1) is 22.3. The van der Waals surface area contributed by atoms with Crippen LogP contribution < -0.4 is 4.74 Å². The molecule has 0 aromatic heterocycles. The van der Waals surface area contributed by atoms with Crippen molar-refractivity contribution in [3.63, 3.8) is 0 Å². The highest BCUT2D eigenvalue weighted by Gasteiger charge is 2.10. The lowest BCUT2D eigenvalue weighted by molar-refractivity contribution is -0.129. The highest BCUT2D eigenvalue weighted by atomic mass is 32.2. The number of hydrogen-bond acceptors (Lipinski definition) is 6. The van der Waals surface area contributed by atoms with Crippen LogP contribution in [0.1, 0.15) is 10.4 Å². The number of hydrogen-bond donors (Lipinski definition) is 0. The Labute approximate surface area is 189 Å². The zero-order chi connectivity index (χ0) is 22.2. The molecule has 4 nitrogen and oxygen atoms in total. The first-order valence-corrected chi connectivity index (χ1v) is 10.8. The normalized spacial score (nSPS) is 10.2. The van der Waals surface area contributed by atoms with E-state index in [0.717, 1.165) is 50.5 Å². The Bertz CT molecular complexity index is 1120. The molecule has 0 bridgehead atoms. The van der Waals surface area contributed by atoms with Gasteiger partial charge in [-0.2, -0.15) is 0 Å². The summed E-state index contributed by atoms with van der Waals surface area (Å²) >= 11 is 2.22. The molecule has 3 aromatic carbocycles. The van der Waals surface area contributed by atoms with Crippen LogP contribution in [0.4, 0.5) is 0 Å². The van der Waals surface area contributed by atoms with Crippen LogP contribution in [-0.4, -0.2) is 16.2 Å². The van der Waals surface area contributed by atoms with Gasteiger partial charge in [-0.3, -0.25) is 9.59 Å². The topological polar surface area (TPSA) is 60.4 Å². The molecule has 31 heavy (non-hydrogen) atoms. The summed E-state index contributed by atoms with van der Waals surface area (Å²) in [5, 5.41) is -0.190. The summed E-state index contributed by atoms with van der Waals surface area (Å²) in [6, 6.07) is 21.6. The Kier molecular flexibility index (Phi) is 7.65. The number of ether oxygens (including phenoxy) is 1. The van der Waals surface area contributed by atoms with Crippen molar-refractivity contribution in [2.75, 3.05) is 0 Å². The number of carbonyl (C=O) groups excluding carboxylic acids is 3. The Morgan fingerprint density at radius 3 is 1.71 bits per heavy atom. The van der Waals surface area contributed by atoms with Crippen LogP contribution >= 0.6 is 23.5 Å². The zero-order valence-electron chi connectivity index (χ0n) is 16.4. The van der Waals surface area contributed by atoms with Gasteiger partial charge in [-0.15, -0.1) is 0 Å². The smallest absolute Gasteiger partial charge is 0.335 e. The lowest BCUT2D eigenvalue weighted by Gasteiger charge is -2.06. The summed E-state index contributed by atoms with van der Waals surface area (Å²) in [6.07, 6.45) is 2.38. The van der Waals surface area contributed by atoms with Gasteiger partial charge in [0.15, 0.2) is 0 Å². The minimum atomic E-state index is -0.508. The largest absolute Gasteiger partial charge is 0.423 e. The third-order valence-electron chi connectivity index (χ3n) is 4.11. The van der Waals surface area contributed by atoms with E-state index in [9.17, 15) is 14.4 Å². The first-order valence-electron chi connectivity index (χ1n) is 9.20. The van der Waals surface area contributed by atoms with Crippen LogP contribution in [0.2, 0.25) is 0 Å². The second-order valence-corrected chi connectivity index (χ2v) is 8.34. The Balaban J connectivity index is 1.63. The summed E-state index contributed by atoms with van der Waals surface area (Å²) in [4.78, 5) is 36.8. The second-order valence-electron chi connectivity index (χ2n) is 6.21. The quantitative estimate of drug-likeness (QED) is 0.187. The van der Waals surface area contributed by atoms with Gasteiger partial charge in [-0.25, -0.2) is 4.79 Å². The average Bonchev–Trinajstić information content (AvgIpc) is 2.80. The van der Waals surface area contributed by atoms with Crippen LogP contribution in [0.3, 0.4) is 0 Å². The van der Waals surface area contributed by atoms with E-state index < -0.39 is 5.97 Å². The maximum absolute atomic E-state index is 12.6. The number of esters is 1. The Hall–Kier alpha value is -3.35. The molecule has 0 aliphatic carbocycles. The number of benzene rings is 3. The Morgan fingerprint density at radius 1 is 0.677 bits per heavy atom. The van der Waals surface area contributed by atoms with Crippen molar-refractivity contribution in [3.8, 4) is 16.9 Å². The van der Waals surface area contributed by atoms with Crippen molar-refractivity contribution in [1.82, 2.24) is 0 Å². The number of rotatable bonds is 7. The standard InChI is InChI=1S/C25H18O4S2/c1-3-23(26)29-20-11-9-18(10-12-20)17-5-7-19(8-6-17)25(28)31-22-15-13-21(14-16-22)30-24(27)4-2/h3-16H,1-2H2. The summed E-state index contributed by atoms with van der Waals surface area (Å²) in [7, 11) is 0. The van der Waals surface area contributed by atoms with Crippen molar-refractivity contribution in [2.24, 2.45) is 0 Å². The van der Waals surface area contributed by atoms with Crippen LogP contribution in [0.25, 0.3) is 11.1 Å². The fraction of sp³-hybridized carbons (Fsp3) is 0. The highest BCUT2D eigenvalue weighted by Crippen LogP contribution is 2.28. The van der Waals surface area contributed by atoms with Gasteiger partial charge in [0.25, 0.3) is 0 Å². The van der Waals surface area contributed by atoms with Gasteiger partial charge >= 0.3 is 5.97 Å². The zero-order valence-corrected chi connectivity index (χ0v) is 18.1. The highest BCUT2D eigenvalue weighted by molar-refractivity contribution is 8.14. The minimum Gasteiger partial charge on any atom is -0.423 e. The van der Waals surface area contributed by atoms with E-state index in [-0.39, 0.29) is 10.2 Å². The summed E-state index contributed by atoms with van der Waals surface area (Å²) in [5.41, 5.74) is 2.47. The molecule has 3 aromatic rings. The SMILES string of the molecule is C=CC(=O)Oc1ccc(-c2ccc(C(=O)Sc3ccc(SC(=O)C=C)cc3)cc2)cc1. The third kappa shape index (κ3) is 6.31. The van der Waals surface area contributed by atoms with Gasteiger partial charge in [-0.1, -0.05) is 37.4 Å². The molecule has 0 N–H and O–H groups in total. The third-order valence-corrected chi connectivity index (χ3v) is 5.92. The van der Waals surface area contributed by atoms with Crippen molar-refractivity contribution in [1.29, 1.82) is 0 Å². The second kappa shape index (κ2) is 10.6. The molecule has 0 radical (unpaired) electrons. The molecule has 0 unspecified atom stereocenters. The fourth-order valence-electron chi connectivity index (χ4n) is 2.57. The number of thioether (sulfide) groups is 2. The molecule has 0 saturated heterocycles. The van der Waals surface area contributed by atoms with Gasteiger partial charge in [-0.05, 0) is 89.3 Å². The molecule has 0 atom stereocenters. The van der Waals surface area contributed by atoms with E-state index in [1.54, 1.807) is 36.4 Å². The predicted molar refractivity (Wildman–Crippen MR) is 125 cm³/mol. The van der Waals surface area contributed by atoms with Gasteiger partial charge in [0, 0.05) is 21.4 Å².